The lowest BCUT2D eigenvalue weighted by Crippen LogP contribution is -2.33. The molecule has 0 aliphatic heterocycles. The molecule has 0 fully saturated rings. The van der Waals surface area contributed by atoms with E-state index in [-0.39, 0.29) is 39.6 Å². The standard InChI is InChI=1S/C22H27Cl3N2O4S/c1-3-5-16-7-9-17(10-8-16)31-13-11-26-22(28)6-4-12-27(32(2,29)30)21-15-19(24)18(23)14-20(21)25/h7-10,14-15H,3-6,11-13H2,1-2H3,(H,26,28). The lowest BCUT2D eigenvalue weighted by Gasteiger charge is -2.24. The van der Waals surface area contributed by atoms with Crippen molar-refractivity contribution in [1.82, 2.24) is 5.32 Å². The van der Waals surface area contributed by atoms with Crippen LogP contribution in [0.1, 0.15) is 31.7 Å². The summed E-state index contributed by atoms with van der Waals surface area (Å²) in [6.07, 6.45) is 3.64. The molecule has 0 saturated heterocycles. The molecule has 2 aromatic carbocycles. The maximum atomic E-state index is 12.2. The van der Waals surface area contributed by atoms with Crippen LogP contribution in [0.4, 0.5) is 5.69 Å². The Hall–Kier alpha value is -1.67. The van der Waals surface area contributed by atoms with E-state index in [1.165, 1.54) is 17.7 Å². The molecule has 1 N–H and O–H groups in total. The Kier molecular flexibility index (Phi) is 10.4. The van der Waals surface area contributed by atoms with Crippen LogP contribution in [-0.2, 0) is 21.2 Å². The Morgan fingerprint density at radius 1 is 1.06 bits per heavy atom. The van der Waals surface area contributed by atoms with Crippen molar-refractivity contribution < 1.29 is 17.9 Å². The third-order valence-electron chi connectivity index (χ3n) is 4.58. The van der Waals surface area contributed by atoms with Crippen molar-refractivity contribution in [3.05, 3.63) is 57.0 Å². The van der Waals surface area contributed by atoms with Crippen molar-refractivity contribution >= 4 is 56.4 Å². The second kappa shape index (κ2) is 12.5. The number of rotatable bonds is 12. The number of carbonyl (C=O) groups is 1. The summed E-state index contributed by atoms with van der Waals surface area (Å²) in [5, 5.41) is 3.35. The van der Waals surface area contributed by atoms with Gasteiger partial charge in [0.1, 0.15) is 12.4 Å². The molecule has 6 nitrogen and oxygen atoms in total. The topological polar surface area (TPSA) is 75.7 Å². The summed E-state index contributed by atoms with van der Waals surface area (Å²) < 4.78 is 31.2. The van der Waals surface area contributed by atoms with Crippen molar-refractivity contribution in [2.24, 2.45) is 0 Å². The number of hydrogen-bond donors (Lipinski definition) is 1. The number of halogens is 3. The van der Waals surface area contributed by atoms with Crippen molar-refractivity contribution in [2.45, 2.75) is 32.6 Å². The van der Waals surface area contributed by atoms with Gasteiger partial charge in [-0.05, 0) is 42.7 Å². The summed E-state index contributed by atoms with van der Waals surface area (Å²) in [4.78, 5) is 12.1. The number of amides is 1. The highest BCUT2D eigenvalue weighted by Crippen LogP contribution is 2.35. The zero-order chi connectivity index (χ0) is 23.7. The molecular formula is C22H27Cl3N2O4S. The van der Waals surface area contributed by atoms with Crippen LogP contribution in [0.3, 0.4) is 0 Å². The van der Waals surface area contributed by atoms with E-state index in [1.807, 2.05) is 24.3 Å². The number of carbonyl (C=O) groups excluding carboxylic acids is 1. The van der Waals surface area contributed by atoms with Crippen LogP contribution in [-0.4, -0.2) is 40.3 Å². The first-order chi connectivity index (χ1) is 15.1. The first kappa shape index (κ1) is 26.6. The van der Waals surface area contributed by atoms with Crippen LogP contribution in [0, 0.1) is 0 Å². The SMILES string of the molecule is CCCc1ccc(OCCNC(=O)CCCN(c2cc(Cl)c(Cl)cc2Cl)S(C)(=O)=O)cc1. The Bertz CT molecular complexity index is 1010. The number of aryl methyl sites for hydroxylation is 1. The molecule has 0 heterocycles. The van der Waals surface area contributed by atoms with Crippen LogP contribution in [0.15, 0.2) is 36.4 Å². The molecule has 32 heavy (non-hydrogen) atoms. The van der Waals surface area contributed by atoms with E-state index < -0.39 is 10.0 Å². The van der Waals surface area contributed by atoms with Gasteiger partial charge in [-0.3, -0.25) is 9.10 Å². The molecule has 0 unspecified atom stereocenters. The normalized spacial score (nSPS) is 11.3. The van der Waals surface area contributed by atoms with Crippen molar-refractivity contribution in [1.29, 1.82) is 0 Å². The van der Waals surface area contributed by atoms with Gasteiger partial charge in [-0.25, -0.2) is 8.42 Å². The zero-order valence-corrected chi connectivity index (χ0v) is 21.1. The minimum atomic E-state index is -3.63. The molecule has 10 heteroatoms. The number of benzene rings is 2. The molecule has 0 aliphatic rings. The molecule has 1 amide bonds. The van der Waals surface area contributed by atoms with Gasteiger partial charge in [0.15, 0.2) is 0 Å². The van der Waals surface area contributed by atoms with Crippen molar-refractivity contribution in [3.63, 3.8) is 0 Å². The molecule has 0 saturated carbocycles. The van der Waals surface area contributed by atoms with E-state index >= 15 is 0 Å². The highest BCUT2D eigenvalue weighted by atomic mass is 35.5. The fraction of sp³-hybridized carbons (Fsp3) is 0.409. The molecular weight excluding hydrogens is 495 g/mol. The fourth-order valence-corrected chi connectivity index (χ4v) is 4.70. The van der Waals surface area contributed by atoms with E-state index in [9.17, 15) is 13.2 Å². The minimum absolute atomic E-state index is 0.0740. The van der Waals surface area contributed by atoms with Gasteiger partial charge < -0.3 is 10.1 Å². The van der Waals surface area contributed by atoms with E-state index in [2.05, 4.69) is 12.2 Å². The summed E-state index contributed by atoms with van der Waals surface area (Å²) in [6.45, 7) is 2.90. The zero-order valence-electron chi connectivity index (χ0n) is 18.0. The minimum Gasteiger partial charge on any atom is -0.492 e. The van der Waals surface area contributed by atoms with Crippen LogP contribution >= 0.6 is 34.8 Å². The third-order valence-corrected chi connectivity index (χ3v) is 6.78. The maximum absolute atomic E-state index is 12.2. The fourth-order valence-electron chi connectivity index (χ4n) is 3.04. The molecule has 0 aromatic heterocycles. The molecule has 0 spiro atoms. The summed E-state index contributed by atoms with van der Waals surface area (Å²) in [7, 11) is -3.63. The van der Waals surface area contributed by atoms with Gasteiger partial charge in [-0.15, -0.1) is 0 Å². The second-order valence-corrected chi connectivity index (χ2v) is 10.4. The summed E-state index contributed by atoms with van der Waals surface area (Å²) >= 11 is 18.1. The highest BCUT2D eigenvalue weighted by molar-refractivity contribution is 7.92. The molecule has 0 aliphatic carbocycles. The monoisotopic (exact) mass is 520 g/mol. The van der Waals surface area contributed by atoms with Crippen molar-refractivity contribution in [3.8, 4) is 5.75 Å². The van der Waals surface area contributed by atoms with Gasteiger partial charge in [-0.1, -0.05) is 60.3 Å². The Morgan fingerprint density at radius 3 is 2.34 bits per heavy atom. The Morgan fingerprint density at radius 2 is 1.72 bits per heavy atom. The predicted molar refractivity (Wildman–Crippen MR) is 132 cm³/mol. The van der Waals surface area contributed by atoms with E-state index in [1.54, 1.807) is 0 Å². The number of nitrogens with one attached hydrogen (secondary N) is 1. The van der Waals surface area contributed by atoms with Gasteiger partial charge in [0, 0.05) is 13.0 Å². The first-order valence-electron chi connectivity index (χ1n) is 10.2. The number of sulfonamides is 1. The van der Waals surface area contributed by atoms with Gasteiger partial charge in [0.2, 0.25) is 15.9 Å². The van der Waals surface area contributed by atoms with Crippen LogP contribution in [0.25, 0.3) is 0 Å². The van der Waals surface area contributed by atoms with Crippen LogP contribution in [0.2, 0.25) is 15.1 Å². The van der Waals surface area contributed by atoms with Gasteiger partial charge in [0.25, 0.3) is 0 Å². The lowest BCUT2D eigenvalue weighted by molar-refractivity contribution is -0.121. The number of nitrogens with zero attached hydrogens (tertiary/aromatic N) is 1. The van der Waals surface area contributed by atoms with Crippen molar-refractivity contribution in [2.75, 3.05) is 30.3 Å². The van der Waals surface area contributed by atoms with Gasteiger partial charge in [0.05, 0.1) is 33.6 Å². The highest BCUT2D eigenvalue weighted by Gasteiger charge is 2.21. The number of anilines is 1. The smallest absolute Gasteiger partial charge is 0.232 e. The Labute approximate surface area is 204 Å². The molecule has 2 aromatic rings. The number of ether oxygens (including phenoxy) is 1. The van der Waals surface area contributed by atoms with Gasteiger partial charge in [-0.2, -0.15) is 0 Å². The molecule has 0 bridgehead atoms. The summed E-state index contributed by atoms with van der Waals surface area (Å²) in [6, 6.07) is 10.7. The average molecular weight is 522 g/mol. The first-order valence-corrected chi connectivity index (χ1v) is 13.2. The summed E-state index contributed by atoms with van der Waals surface area (Å²) in [5.74, 6) is 0.557. The van der Waals surface area contributed by atoms with Gasteiger partial charge >= 0.3 is 0 Å². The van der Waals surface area contributed by atoms with E-state index in [0.717, 1.165) is 29.2 Å². The predicted octanol–water partition coefficient (Wildman–Crippen LogP) is 5.34. The molecule has 2 rings (SSSR count). The molecule has 0 atom stereocenters. The third kappa shape index (κ3) is 8.35. The quantitative estimate of drug-likeness (QED) is 0.302. The molecule has 0 radical (unpaired) electrons. The lowest BCUT2D eigenvalue weighted by atomic mass is 10.1. The average Bonchev–Trinajstić information content (AvgIpc) is 2.72. The molecule has 176 valence electrons. The van der Waals surface area contributed by atoms with Crippen LogP contribution in [0.5, 0.6) is 5.75 Å². The summed E-state index contributed by atoms with van der Waals surface area (Å²) in [5.41, 5.74) is 1.49. The van der Waals surface area contributed by atoms with E-state index in [4.69, 9.17) is 39.5 Å². The second-order valence-electron chi connectivity index (χ2n) is 7.25. The van der Waals surface area contributed by atoms with Crippen LogP contribution < -0.4 is 14.4 Å². The largest absolute Gasteiger partial charge is 0.492 e. The number of hydrogen-bond acceptors (Lipinski definition) is 4. The maximum Gasteiger partial charge on any atom is 0.232 e. The van der Waals surface area contributed by atoms with E-state index in [0.29, 0.717) is 19.6 Å². The Balaban J connectivity index is 1.79.